The lowest BCUT2D eigenvalue weighted by molar-refractivity contribution is 0.0854. The monoisotopic (exact) mass is 276 g/mol. The molecule has 1 saturated heterocycles. The van der Waals surface area contributed by atoms with Crippen LogP contribution in [0.25, 0.3) is 0 Å². The Bertz CT molecular complexity index is 408. The van der Waals surface area contributed by atoms with Gasteiger partial charge >= 0.3 is 0 Å². The number of rotatable bonds is 3. The molecule has 0 radical (unpaired) electrons. The standard InChI is InChI=1S/C11H15ClF2N4/c12-9-5-8(15)6-16-11(9)18-3-1-17(2-4-18)7-10(13)14/h5-6,10H,1-4,7,15H2. The fraction of sp³-hybridized carbons (Fsp3) is 0.545. The molecule has 1 aromatic heterocycles. The molecule has 1 aliphatic heterocycles. The van der Waals surface area contributed by atoms with Crippen LogP contribution in [0.15, 0.2) is 12.3 Å². The number of nitrogens with zero attached hydrogens (tertiary/aromatic N) is 3. The molecule has 2 heterocycles. The number of nitrogens with two attached hydrogens (primary N) is 1. The molecule has 1 aliphatic rings. The van der Waals surface area contributed by atoms with Crippen molar-refractivity contribution in [2.75, 3.05) is 43.4 Å². The highest BCUT2D eigenvalue weighted by Gasteiger charge is 2.21. The Hall–Kier alpha value is -1.14. The first-order valence-corrected chi connectivity index (χ1v) is 6.10. The second-order valence-electron chi connectivity index (χ2n) is 4.25. The van der Waals surface area contributed by atoms with E-state index in [0.717, 1.165) is 0 Å². The van der Waals surface area contributed by atoms with Gasteiger partial charge in [0.15, 0.2) is 0 Å². The first-order chi connectivity index (χ1) is 8.56. The van der Waals surface area contributed by atoms with Crippen LogP contribution in [0.5, 0.6) is 0 Å². The van der Waals surface area contributed by atoms with Crippen molar-refractivity contribution in [3.05, 3.63) is 17.3 Å². The zero-order valence-corrected chi connectivity index (χ0v) is 10.6. The second kappa shape index (κ2) is 5.67. The highest BCUT2D eigenvalue weighted by molar-refractivity contribution is 6.33. The van der Waals surface area contributed by atoms with Crippen LogP contribution in [-0.4, -0.2) is 49.0 Å². The van der Waals surface area contributed by atoms with Gasteiger partial charge in [0.25, 0.3) is 6.43 Å². The Morgan fingerprint density at radius 3 is 2.56 bits per heavy atom. The zero-order valence-electron chi connectivity index (χ0n) is 9.82. The number of anilines is 2. The van der Waals surface area contributed by atoms with Crippen LogP contribution in [-0.2, 0) is 0 Å². The minimum atomic E-state index is -2.28. The van der Waals surface area contributed by atoms with E-state index in [0.29, 0.717) is 42.7 Å². The van der Waals surface area contributed by atoms with Crippen LogP contribution >= 0.6 is 11.6 Å². The maximum Gasteiger partial charge on any atom is 0.251 e. The highest BCUT2D eigenvalue weighted by Crippen LogP contribution is 2.25. The van der Waals surface area contributed by atoms with Gasteiger partial charge in [-0.15, -0.1) is 0 Å². The van der Waals surface area contributed by atoms with E-state index in [-0.39, 0.29) is 6.54 Å². The lowest BCUT2D eigenvalue weighted by atomic mass is 10.3. The van der Waals surface area contributed by atoms with Gasteiger partial charge in [0.1, 0.15) is 5.82 Å². The largest absolute Gasteiger partial charge is 0.397 e. The van der Waals surface area contributed by atoms with Gasteiger partial charge in [-0.1, -0.05) is 11.6 Å². The predicted octanol–water partition coefficient (Wildman–Crippen LogP) is 1.70. The normalized spacial score (nSPS) is 17.4. The van der Waals surface area contributed by atoms with Crippen molar-refractivity contribution in [2.45, 2.75) is 6.43 Å². The molecule has 0 aliphatic carbocycles. The van der Waals surface area contributed by atoms with Crippen LogP contribution < -0.4 is 10.6 Å². The Balaban J connectivity index is 1.97. The summed E-state index contributed by atoms with van der Waals surface area (Å²) in [5.41, 5.74) is 6.09. The number of alkyl halides is 2. The van der Waals surface area contributed by atoms with Gasteiger partial charge in [0, 0.05) is 26.2 Å². The second-order valence-corrected chi connectivity index (χ2v) is 4.66. The van der Waals surface area contributed by atoms with Gasteiger partial charge in [-0.25, -0.2) is 13.8 Å². The number of hydrogen-bond donors (Lipinski definition) is 1. The van der Waals surface area contributed by atoms with E-state index >= 15 is 0 Å². The average molecular weight is 277 g/mol. The van der Waals surface area contributed by atoms with Crippen molar-refractivity contribution in [2.24, 2.45) is 0 Å². The zero-order chi connectivity index (χ0) is 13.1. The number of halogens is 3. The van der Waals surface area contributed by atoms with E-state index in [1.54, 1.807) is 17.2 Å². The van der Waals surface area contributed by atoms with Gasteiger partial charge < -0.3 is 10.6 Å². The van der Waals surface area contributed by atoms with Gasteiger partial charge in [-0.2, -0.15) is 0 Å². The Kier molecular flexibility index (Phi) is 4.19. The molecule has 100 valence electrons. The molecular weight excluding hydrogens is 262 g/mol. The fourth-order valence-corrected chi connectivity index (χ4v) is 2.31. The smallest absolute Gasteiger partial charge is 0.251 e. The van der Waals surface area contributed by atoms with E-state index in [9.17, 15) is 8.78 Å². The maximum atomic E-state index is 12.2. The summed E-state index contributed by atoms with van der Waals surface area (Å²) in [4.78, 5) is 7.92. The molecule has 4 nitrogen and oxygen atoms in total. The Labute approximate surface area is 109 Å². The summed E-state index contributed by atoms with van der Waals surface area (Å²) in [5, 5.41) is 0.498. The van der Waals surface area contributed by atoms with Crippen molar-refractivity contribution < 1.29 is 8.78 Å². The van der Waals surface area contributed by atoms with Gasteiger partial charge in [-0.3, -0.25) is 4.90 Å². The SMILES string of the molecule is Nc1cnc(N2CCN(CC(F)F)CC2)c(Cl)c1. The summed E-state index contributed by atoms with van der Waals surface area (Å²) in [6, 6.07) is 1.65. The minimum Gasteiger partial charge on any atom is -0.397 e. The molecular formula is C11H15ClF2N4. The third kappa shape index (κ3) is 3.20. The van der Waals surface area contributed by atoms with Gasteiger partial charge in [0.05, 0.1) is 23.5 Å². The summed E-state index contributed by atoms with van der Waals surface area (Å²) in [5.74, 6) is 0.669. The fourth-order valence-electron chi connectivity index (χ4n) is 2.02. The lowest BCUT2D eigenvalue weighted by Crippen LogP contribution is -2.48. The molecule has 0 aromatic carbocycles. The molecule has 1 aromatic rings. The van der Waals surface area contributed by atoms with Crippen molar-refractivity contribution in [1.29, 1.82) is 0 Å². The van der Waals surface area contributed by atoms with Crippen molar-refractivity contribution in [3.63, 3.8) is 0 Å². The summed E-state index contributed by atoms with van der Waals surface area (Å²) in [6.07, 6.45) is -0.734. The minimum absolute atomic E-state index is 0.170. The molecule has 0 atom stereocenters. The third-order valence-electron chi connectivity index (χ3n) is 2.91. The first kappa shape index (κ1) is 13.3. The van der Waals surface area contributed by atoms with E-state index < -0.39 is 6.43 Å². The lowest BCUT2D eigenvalue weighted by Gasteiger charge is -2.35. The Morgan fingerprint density at radius 1 is 1.33 bits per heavy atom. The number of piperazine rings is 1. The molecule has 2 N–H and O–H groups in total. The molecule has 1 fully saturated rings. The van der Waals surface area contributed by atoms with Gasteiger partial charge in [-0.05, 0) is 6.07 Å². The summed E-state index contributed by atoms with van der Waals surface area (Å²) >= 11 is 6.07. The quantitative estimate of drug-likeness (QED) is 0.913. The maximum absolute atomic E-state index is 12.2. The van der Waals surface area contributed by atoms with E-state index in [1.165, 1.54) is 0 Å². The van der Waals surface area contributed by atoms with Crippen LogP contribution in [0.4, 0.5) is 20.3 Å². The van der Waals surface area contributed by atoms with Crippen molar-refractivity contribution in [3.8, 4) is 0 Å². The van der Waals surface area contributed by atoms with Gasteiger partial charge in [0.2, 0.25) is 0 Å². The predicted molar refractivity (Wildman–Crippen MR) is 68.3 cm³/mol. The molecule has 2 rings (SSSR count). The molecule has 0 spiro atoms. The molecule has 0 saturated carbocycles. The van der Waals surface area contributed by atoms with Crippen LogP contribution in [0.2, 0.25) is 5.02 Å². The number of aromatic nitrogens is 1. The van der Waals surface area contributed by atoms with Crippen molar-refractivity contribution >= 4 is 23.1 Å². The van der Waals surface area contributed by atoms with Crippen LogP contribution in [0, 0.1) is 0 Å². The van der Waals surface area contributed by atoms with Crippen LogP contribution in [0.1, 0.15) is 0 Å². The number of nitrogen functional groups attached to an aromatic ring is 1. The third-order valence-corrected chi connectivity index (χ3v) is 3.19. The van der Waals surface area contributed by atoms with Crippen molar-refractivity contribution in [1.82, 2.24) is 9.88 Å². The topological polar surface area (TPSA) is 45.4 Å². The summed E-state index contributed by atoms with van der Waals surface area (Å²) in [7, 11) is 0. The highest BCUT2D eigenvalue weighted by atomic mass is 35.5. The summed E-state index contributed by atoms with van der Waals surface area (Å²) in [6.45, 7) is 2.29. The van der Waals surface area contributed by atoms with E-state index in [1.807, 2.05) is 4.90 Å². The van der Waals surface area contributed by atoms with E-state index in [2.05, 4.69) is 4.98 Å². The van der Waals surface area contributed by atoms with Crippen LogP contribution in [0.3, 0.4) is 0 Å². The first-order valence-electron chi connectivity index (χ1n) is 5.72. The molecule has 18 heavy (non-hydrogen) atoms. The Morgan fingerprint density at radius 2 is 2.00 bits per heavy atom. The molecule has 0 unspecified atom stereocenters. The molecule has 0 amide bonds. The summed E-state index contributed by atoms with van der Waals surface area (Å²) < 4.78 is 24.5. The number of hydrogen-bond acceptors (Lipinski definition) is 4. The average Bonchev–Trinajstić information content (AvgIpc) is 2.30. The number of pyridine rings is 1. The molecule has 7 heteroatoms. The molecule has 0 bridgehead atoms. The van der Waals surface area contributed by atoms with E-state index in [4.69, 9.17) is 17.3 Å².